The van der Waals surface area contributed by atoms with Gasteiger partial charge in [-0.1, -0.05) is 0 Å². The molecule has 1 aliphatic heterocycles. The molecule has 72 valence electrons. The molecule has 3 nitrogen and oxygen atoms in total. The Morgan fingerprint density at radius 1 is 1.33 bits per heavy atom. The zero-order valence-electron chi connectivity index (χ0n) is 6.70. The summed E-state index contributed by atoms with van der Waals surface area (Å²) in [5.41, 5.74) is 0. The SMILES string of the molecule is O=S(=O)(CCl)N1CCCSCC1. The van der Waals surface area contributed by atoms with E-state index in [9.17, 15) is 8.42 Å². The molecule has 1 heterocycles. The average Bonchev–Trinajstić information content (AvgIpc) is 2.32. The fraction of sp³-hybridized carbons (Fsp3) is 1.00. The molecule has 1 rings (SSSR count). The second-order valence-corrected chi connectivity index (χ2v) is 6.36. The standard InChI is InChI=1S/C6H12ClNO2S2/c7-6-12(9,10)8-2-1-4-11-5-3-8/h1-6H2. The summed E-state index contributed by atoms with van der Waals surface area (Å²) in [7, 11) is -3.16. The first-order chi connectivity index (χ1) is 5.67. The largest absolute Gasteiger partial charge is 0.228 e. The number of halogens is 1. The van der Waals surface area contributed by atoms with Gasteiger partial charge >= 0.3 is 0 Å². The van der Waals surface area contributed by atoms with E-state index in [0.29, 0.717) is 13.1 Å². The molecule has 0 aromatic rings. The van der Waals surface area contributed by atoms with Crippen molar-refractivity contribution < 1.29 is 8.42 Å². The highest BCUT2D eigenvalue weighted by Crippen LogP contribution is 2.13. The summed E-state index contributed by atoms with van der Waals surface area (Å²) < 4.78 is 24.1. The van der Waals surface area contributed by atoms with Crippen LogP contribution < -0.4 is 0 Å². The van der Waals surface area contributed by atoms with E-state index in [1.54, 1.807) is 11.8 Å². The molecule has 0 aliphatic carbocycles. The number of nitrogens with zero attached hydrogens (tertiary/aromatic N) is 1. The zero-order valence-corrected chi connectivity index (χ0v) is 9.09. The van der Waals surface area contributed by atoms with E-state index in [1.807, 2.05) is 0 Å². The highest BCUT2D eigenvalue weighted by Gasteiger charge is 2.21. The fourth-order valence-electron chi connectivity index (χ4n) is 1.07. The van der Waals surface area contributed by atoms with Crippen molar-refractivity contribution in [2.45, 2.75) is 6.42 Å². The molecule has 0 unspecified atom stereocenters. The third kappa shape index (κ3) is 2.80. The van der Waals surface area contributed by atoms with Crippen molar-refractivity contribution in [1.29, 1.82) is 0 Å². The van der Waals surface area contributed by atoms with Crippen LogP contribution in [0.2, 0.25) is 0 Å². The van der Waals surface area contributed by atoms with Crippen LogP contribution >= 0.6 is 23.4 Å². The van der Waals surface area contributed by atoms with E-state index in [4.69, 9.17) is 11.6 Å². The molecule has 1 fully saturated rings. The summed E-state index contributed by atoms with van der Waals surface area (Å²) in [6.07, 6.45) is 0.931. The molecule has 1 aliphatic rings. The lowest BCUT2D eigenvalue weighted by molar-refractivity contribution is 0.438. The number of rotatable bonds is 2. The molecule has 12 heavy (non-hydrogen) atoms. The van der Waals surface area contributed by atoms with Crippen molar-refractivity contribution in [3.8, 4) is 0 Å². The Labute approximate surface area is 82.5 Å². The van der Waals surface area contributed by atoms with Gasteiger partial charge in [-0.25, -0.2) is 12.7 Å². The molecular weight excluding hydrogens is 218 g/mol. The maximum Gasteiger partial charge on any atom is 0.228 e. The third-order valence-corrected chi connectivity index (χ3v) is 5.02. The summed E-state index contributed by atoms with van der Waals surface area (Å²) in [5, 5.41) is -0.294. The number of hydrogen-bond acceptors (Lipinski definition) is 3. The van der Waals surface area contributed by atoms with Crippen LogP contribution in [0.4, 0.5) is 0 Å². The van der Waals surface area contributed by atoms with E-state index in [2.05, 4.69) is 0 Å². The highest BCUT2D eigenvalue weighted by molar-refractivity contribution is 7.99. The van der Waals surface area contributed by atoms with E-state index in [1.165, 1.54) is 4.31 Å². The van der Waals surface area contributed by atoms with Crippen LogP contribution in [0.5, 0.6) is 0 Å². The first-order valence-electron chi connectivity index (χ1n) is 3.78. The maximum absolute atomic E-state index is 11.3. The van der Waals surface area contributed by atoms with Gasteiger partial charge in [-0.3, -0.25) is 0 Å². The molecule has 0 aromatic carbocycles. The van der Waals surface area contributed by atoms with Gasteiger partial charge in [-0.05, 0) is 12.2 Å². The highest BCUT2D eigenvalue weighted by atomic mass is 35.5. The first kappa shape index (κ1) is 10.6. The molecule has 0 radical (unpaired) electrons. The van der Waals surface area contributed by atoms with Crippen LogP contribution in [0.15, 0.2) is 0 Å². The maximum atomic E-state index is 11.3. The summed E-state index contributed by atoms with van der Waals surface area (Å²) in [4.78, 5) is 0. The van der Waals surface area contributed by atoms with Gasteiger partial charge in [0.15, 0.2) is 0 Å². The van der Waals surface area contributed by atoms with Crippen LogP contribution in [-0.4, -0.2) is 42.5 Å². The summed E-state index contributed by atoms with van der Waals surface area (Å²) >= 11 is 7.14. The van der Waals surface area contributed by atoms with E-state index in [0.717, 1.165) is 17.9 Å². The van der Waals surface area contributed by atoms with Gasteiger partial charge in [0.2, 0.25) is 10.0 Å². The van der Waals surface area contributed by atoms with Crippen LogP contribution in [0.25, 0.3) is 0 Å². The van der Waals surface area contributed by atoms with Crippen molar-refractivity contribution in [3.05, 3.63) is 0 Å². The number of hydrogen-bond donors (Lipinski definition) is 0. The van der Waals surface area contributed by atoms with Crippen LogP contribution in [0.1, 0.15) is 6.42 Å². The summed E-state index contributed by atoms with van der Waals surface area (Å²) in [6.45, 7) is 1.24. The fourth-order valence-corrected chi connectivity index (χ4v) is 3.40. The van der Waals surface area contributed by atoms with E-state index >= 15 is 0 Å². The number of thioether (sulfide) groups is 1. The molecule has 0 N–H and O–H groups in total. The molecule has 0 amide bonds. The lowest BCUT2D eigenvalue weighted by Gasteiger charge is -2.17. The first-order valence-corrected chi connectivity index (χ1v) is 7.08. The molecule has 0 spiro atoms. The minimum atomic E-state index is -3.16. The van der Waals surface area contributed by atoms with E-state index < -0.39 is 10.0 Å². The van der Waals surface area contributed by atoms with Crippen molar-refractivity contribution in [1.82, 2.24) is 4.31 Å². The van der Waals surface area contributed by atoms with Crippen molar-refractivity contribution in [2.24, 2.45) is 0 Å². The third-order valence-electron chi connectivity index (χ3n) is 1.71. The van der Waals surface area contributed by atoms with Crippen molar-refractivity contribution in [3.63, 3.8) is 0 Å². The zero-order chi connectivity index (χ0) is 9.03. The minimum absolute atomic E-state index is 0.294. The monoisotopic (exact) mass is 229 g/mol. The summed E-state index contributed by atoms with van der Waals surface area (Å²) in [5.74, 6) is 1.93. The van der Waals surface area contributed by atoms with Gasteiger partial charge in [-0.2, -0.15) is 11.8 Å². The number of alkyl halides is 1. The number of sulfonamides is 1. The molecular formula is C6H12ClNO2S2. The van der Waals surface area contributed by atoms with Gasteiger partial charge in [0.1, 0.15) is 5.21 Å². The van der Waals surface area contributed by atoms with Gasteiger partial charge in [0, 0.05) is 18.8 Å². The smallest absolute Gasteiger partial charge is 0.211 e. The van der Waals surface area contributed by atoms with Gasteiger partial charge in [0.05, 0.1) is 0 Å². The van der Waals surface area contributed by atoms with Gasteiger partial charge < -0.3 is 0 Å². The average molecular weight is 230 g/mol. The predicted octanol–water partition coefficient (Wildman–Crippen LogP) is 0.951. The van der Waals surface area contributed by atoms with Gasteiger partial charge in [-0.15, -0.1) is 11.6 Å². The quantitative estimate of drug-likeness (QED) is 0.662. The van der Waals surface area contributed by atoms with Crippen LogP contribution in [-0.2, 0) is 10.0 Å². The molecule has 0 bridgehead atoms. The molecule has 0 saturated carbocycles. The van der Waals surface area contributed by atoms with E-state index in [-0.39, 0.29) is 5.21 Å². The Hall–Kier alpha value is 0.550. The molecule has 1 saturated heterocycles. The normalized spacial score (nSPS) is 22.1. The van der Waals surface area contributed by atoms with Gasteiger partial charge in [0.25, 0.3) is 0 Å². The Morgan fingerprint density at radius 2 is 2.08 bits per heavy atom. The van der Waals surface area contributed by atoms with Crippen LogP contribution in [0, 0.1) is 0 Å². The second-order valence-electron chi connectivity index (χ2n) is 2.59. The topological polar surface area (TPSA) is 37.4 Å². The van der Waals surface area contributed by atoms with Crippen LogP contribution in [0.3, 0.4) is 0 Å². The predicted molar refractivity (Wildman–Crippen MR) is 53.2 cm³/mol. The second kappa shape index (κ2) is 4.69. The lowest BCUT2D eigenvalue weighted by Crippen LogP contribution is -2.33. The minimum Gasteiger partial charge on any atom is -0.211 e. The summed E-state index contributed by atoms with van der Waals surface area (Å²) in [6, 6.07) is 0. The molecule has 6 heteroatoms. The Kier molecular flexibility index (Phi) is 4.16. The van der Waals surface area contributed by atoms with Crippen molar-refractivity contribution in [2.75, 3.05) is 29.8 Å². The Bertz CT molecular complexity index is 222. The molecule has 0 atom stereocenters. The molecule has 0 aromatic heterocycles. The van der Waals surface area contributed by atoms with Crippen molar-refractivity contribution >= 4 is 33.4 Å². The lowest BCUT2D eigenvalue weighted by atomic mass is 10.5. The Morgan fingerprint density at radius 3 is 2.75 bits per heavy atom. The Balaban J connectivity index is 2.60.